The first-order valence-corrected chi connectivity index (χ1v) is 8.54. The molecule has 0 atom stereocenters. The molecule has 0 aliphatic rings. The summed E-state index contributed by atoms with van der Waals surface area (Å²) in [6.45, 7) is 2.35. The Morgan fingerprint density at radius 3 is 2.63 bits per heavy atom. The van der Waals surface area contributed by atoms with Crippen LogP contribution in [0.5, 0.6) is 5.75 Å². The van der Waals surface area contributed by atoms with Gasteiger partial charge in [-0.3, -0.25) is 4.72 Å². The van der Waals surface area contributed by atoms with E-state index in [9.17, 15) is 8.42 Å². The van der Waals surface area contributed by atoms with Crippen molar-refractivity contribution in [2.24, 2.45) is 0 Å². The number of rotatable bonds is 8. The lowest BCUT2D eigenvalue weighted by Gasteiger charge is -2.10. The van der Waals surface area contributed by atoms with Crippen LogP contribution in [0.2, 0.25) is 5.02 Å². The van der Waals surface area contributed by atoms with Gasteiger partial charge < -0.3 is 4.74 Å². The van der Waals surface area contributed by atoms with E-state index in [1.807, 2.05) is 6.92 Å². The van der Waals surface area contributed by atoms with Crippen LogP contribution < -0.4 is 9.46 Å². The monoisotopic (exact) mass is 325 g/mol. The molecule has 0 aromatic heterocycles. The second-order valence-electron chi connectivity index (χ2n) is 3.90. The molecule has 108 valence electrons. The highest BCUT2D eigenvalue weighted by Crippen LogP contribution is 2.28. The lowest BCUT2D eigenvalue weighted by molar-refractivity contribution is 0.340. The average Bonchev–Trinajstić information content (AvgIpc) is 2.32. The molecule has 7 heteroatoms. The smallest absolute Gasteiger partial charge is 0.232 e. The highest BCUT2D eigenvalue weighted by Gasteiger charge is 2.11. The predicted molar refractivity (Wildman–Crippen MR) is 80.0 cm³/mol. The second kappa shape index (κ2) is 7.82. The Kier molecular flexibility index (Phi) is 6.75. The highest BCUT2D eigenvalue weighted by molar-refractivity contribution is 7.92. The van der Waals surface area contributed by atoms with E-state index in [2.05, 4.69) is 4.72 Å². The summed E-state index contributed by atoms with van der Waals surface area (Å²) in [5.74, 6) is 1.05. The van der Waals surface area contributed by atoms with Crippen LogP contribution in [0.25, 0.3) is 0 Å². The van der Waals surface area contributed by atoms with E-state index < -0.39 is 10.0 Å². The van der Waals surface area contributed by atoms with Gasteiger partial charge in [-0.05, 0) is 38.0 Å². The number of ether oxygens (including phenoxy) is 1. The van der Waals surface area contributed by atoms with Gasteiger partial charge in [0.2, 0.25) is 10.0 Å². The zero-order chi connectivity index (χ0) is 14.3. The summed E-state index contributed by atoms with van der Waals surface area (Å²) in [4.78, 5) is 0. The summed E-state index contributed by atoms with van der Waals surface area (Å²) in [5.41, 5.74) is 0.430. The van der Waals surface area contributed by atoms with Crippen LogP contribution in [0.3, 0.4) is 0 Å². The number of hydrogen-bond acceptors (Lipinski definition) is 3. The summed E-state index contributed by atoms with van der Waals surface area (Å²) in [6.07, 6.45) is 1.20. The van der Waals surface area contributed by atoms with Crippen molar-refractivity contribution in [3.05, 3.63) is 23.2 Å². The first-order chi connectivity index (χ1) is 8.98. The fraction of sp³-hybridized carbons (Fsp3) is 0.500. The standard InChI is InChI=1S/C12H17Cl2NO3S/c1-2-18-12-6-5-10(9-11(12)14)15-19(16,17)8-4-3-7-13/h5-6,9,15H,2-4,7-8H2,1H3. The van der Waals surface area contributed by atoms with Gasteiger partial charge >= 0.3 is 0 Å². The molecular weight excluding hydrogens is 309 g/mol. The van der Waals surface area contributed by atoms with E-state index in [0.717, 1.165) is 0 Å². The van der Waals surface area contributed by atoms with E-state index in [-0.39, 0.29) is 5.75 Å². The van der Waals surface area contributed by atoms with Crippen LogP contribution in [-0.2, 0) is 10.0 Å². The third-order valence-electron chi connectivity index (χ3n) is 2.30. The van der Waals surface area contributed by atoms with Gasteiger partial charge in [0.05, 0.1) is 23.1 Å². The molecule has 0 saturated carbocycles. The van der Waals surface area contributed by atoms with Crippen LogP contribution in [-0.4, -0.2) is 26.7 Å². The van der Waals surface area contributed by atoms with Gasteiger partial charge in [-0.2, -0.15) is 0 Å². The van der Waals surface area contributed by atoms with E-state index in [1.54, 1.807) is 12.1 Å². The number of alkyl halides is 1. The number of unbranched alkanes of at least 4 members (excludes halogenated alkanes) is 1. The molecule has 0 radical (unpaired) electrons. The maximum atomic E-state index is 11.8. The normalized spacial score (nSPS) is 11.3. The van der Waals surface area contributed by atoms with E-state index >= 15 is 0 Å². The molecule has 0 aliphatic heterocycles. The van der Waals surface area contributed by atoms with Crippen molar-refractivity contribution in [2.75, 3.05) is 23.0 Å². The van der Waals surface area contributed by atoms with Gasteiger partial charge in [-0.1, -0.05) is 11.6 Å². The van der Waals surface area contributed by atoms with Crippen molar-refractivity contribution < 1.29 is 13.2 Å². The lowest BCUT2D eigenvalue weighted by Crippen LogP contribution is -2.16. The Bertz CT molecular complexity index is 506. The first-order valence-electron chi connectivity index (χ1n) is 5.97. The molecule has 0 spiro atoms. The van der Waals surface area contributed by atoms with Crippen molar-refractivity contribution in [3.8, 4) is 5.75 Å². The van der Waals surface area contributed by atoms with Crippen LogP contribution >= 0.6 is 23.2 Å². The summed E-state index contributed by atoms with van der Waals surface area (Å²) < 4.78 is 31.3. The lowest BCUT2D eigenvalue weighted by atomic mass is 10.3. The largest absolute Gasteiger partial charge is 0.492 e. The summed E-state index contributed by atoms with van der Waals surface area (Å²) in [6, 6.07) is 4.80. The molecule has 0 unspecified atom stereocenters. The van der Waals surface area contributed by atoms with E-state index in [1.165, 1.54) is 6.07 Å². The molecule has 0 aliphatic carbocycles. The van der Waals surface area contributed by atoms with Crippen LogP contribution in [0.15, 0.2) is 18.2 Å². The third-order valence-corrected chi connectivity index (χ3v) is 4.24. The molecule has 4 nitrogen and oxygen atoms in total. The Balaban J connectivity index is 2.69. The third kappa shape index (κ3) is 5.89. The average molecular weight is 326 g/mol. The van der Waals surface area contributed by atoms with Crippen molar-refractivity contribution in [1.82, 2.24) is 0 Å². The first kappa shape index (κ1) is 16.4. The highest BCUT2D eigenvalue weighted by atomic mass is 35.5. The Morgan fingerprint density at radius 2 is 2.05 bits per heavy atom. The topological polar surface area (TPSA) is 55.4 Å². The van der Waals surface area contributed by atoms with Crippen LogP contribution in [0, 0.1) is 0 Å². The van der Waals surface area contributed by atoms with Gasteiger partial charge in [0.15, 0.2) is 0 Å². The fourth-order valence-electron chi connectivity index (χ4n) is 1.45. The van der Waals surface area contributed by atoms with Gasteiger partial charge in [-0.15, -0.1) is 11.6 Å². The van der Waals surface area contributed by atoms with Crippen LogP contribution in [0.1, 0.15) is 19.8 Å². The number of halogens is 2. The Hall–Kier alpha value is -0.650. The molecule has 1 N–H and O–H groups in total. The maximum Gasteiger partial charge on any atom is 0.232 e. The minimum absolute atomic E-state index is 0.0462. The molecule has 0 fully saturated rings. The minimum Gasteiger partial charge on any atom is -0.492 e. The van der Waals surface area contributed by atoms with E-state index in [4.69, 9.17) is 27.9 Å². The SMILES string of the molecule is CCOc1ccc(NS(=O)(=O)CCCCCl)cc1Cl. The number of sulfonamides is 1. The Labute approximate surface area is 124 Å². The maximum absolute atomic E-state index is 11.8. The molecule has 1 aromatic rings. The van der Waals surface area contributed by atoms with E-state index in [0.29, 0.717) is 41.8 Å². The predicted octanol–water partition coefficient (Wildman–Crippen LogP) is 3.50. The fourth-order valence-corrected chi connectivity index (χ4v) is 3.05. The molecule has 0 heterocycles. The van der Waals surface area contributed by atoms with Crippen molar-refractivity contribution in [3.63, 3.8) is 0 Å². The van der Waals surface area contributed by atoms with Gasteiger partial charge in [0.1, 0.15) is 5.75 Å². The van der Waals surface area contributed by atoms with Crippen LogP contribution in [0.4, 0.5) is 5.69 Å². The summed E-state index contributed by atoms with van der Waals surface area (Å²) in [5, 5.41) is 0.378. The quantitative estimate of drug-likeness (QED) is 0.588. The van der Waals surface area contributed by atoms with Crippen molar-refractivity contribution >= 4 is 38.9 Å². The van der Waals surface area contributed by atoms with Gasteiger partial charge in [0.25, 0.3) is 0 Å². The zero-order valence-electron chi connectivity index (χ0n) is 10.7. The van der Waals surface area contributed by atoms with Gasteiger partial charge in [-0.25, -0.2) is 8.42 Å². The molecule has 0 bridgehead atoms. The molecule has 0 saturated heterocycles. The number of hydrogen-bond donors (Lipinski definition) is 1. The minimum atomic E-state index is -3.36. The number of benzene rings is 1. The van der Waals surface area contributed by atoms with Gasteiger partial charge in [0, 0.05) is 5.88 Å². The molecule has 19 heavy (non-hydrogen) atoms. The zero-order valence-corrected chi connectivity index (χ0v) is 13.0. The molecule has 1 aromatic carbocycles. The molecule has 0 amide bonds. The molecule has 1 rings (SSSR count). The summed E-state index contributed by atoms with van der Waals surface area (Å²) in [7, 11) is -3.36. The molecular formula is C12H17Cl2NO3S. The number of nitrogens with one attached hydrogen (secondary N) is 1. The Morgan fingerprint density at radius 1 is 1.32 bits per heavy atom. The van der Waals surface area contributed by atoms with Crippen molar-refractivity contribution in [1.29, 1.82) is 0 Å². The van der Waals surface area contributed by atoms with Crippen molar-refractivity contribution in [2.45, 2.75) is 19.8 Å². The summed E-state index contributed by atoms with van der Waals surface area (Å²) >= 11 is 11.5. The number of anilines is 1. The second-order valence-corrected chi connectivity index (χ2v) is 6.52.